The van der Waals surface area contributed by atoms with Gasteiger partial charge in [-0.25, -0.2) is 4.99 Å². The highest BCUT2D eigenvalue weighted by Gasteiger charge is 2.38. The van der Waals surface area contributed by atoms with Gasteiger partial charge in [0.05, 0.1) is 6.54 Å². The molecule has 1 saturated carbocycles. The summed E-state index contributed by atoms with van der Waals surface area (Å²) in [7, 11) is 3.53. The van der Waals surface area contributed by atoms with Crippen LogP contribution in [0.2, 0.25) is 0 Å². The minimum absolute atomic E-state index is 0.0151. The number of carbonyl (C=O) groups excluding carboxylic acids is 1. The third kappa shape index (κ3) is 5.62. The molecule has 2 atom stereocenters. The van der Waals surface area contributed by atoms with Crippen molar-refractivity contribution in [3.63, 3.8) is 0 Å². The Balaban J connectivity index is 1.58. The fourth-order valence-corrected chi connectivity index (χ4v) is 3.53. The van der Waals surface area contributed by atoms with E-state index in [9.17, 15) is 4.79 Å². The van der Waals surface area contributed by atoms with Gasteiger partial charge in [0, 0.05) is 38.2 Å². The summed E-state index contributed by atoms with van der Waals surface area (Å²) in [4.78, 5) is 18.3. The highest BCUT2D eigenvalue weighted by molar-refractivity contribution is 5.93. The molecule has 3 rings (SSSR count). The van der Waals surface area contributed by atoms with E-state index >= 15 is 0 Å². The largest absolute Gasteiger partial charge is 0.357 e. The predicted molar refractivity (Wildman–Crippen MR) is 124 cm³/mol. The summed E-state index contributed by atoms with van der Waals surface area (Å²) in [5.74, 6) is 1.97. The SMILES string of the molecule is CCNC(=NCc1ccc(C(=O)N(C)C)cc1)NC1CC1c1ccc(C(C)C)cc1. The Bertz CT molecular complexity index is 869. The lowest BCUT2D eigenvalue weighted by molar-refractivity contribution is 0.0827. The number of hydrogen-bond donors (Lipinski definition) is 2. The molecule has 1 aliphatic rings. The summed E-state index contributed by atoms with van der Waals surface area (Å²) in [6.07, 6.45) is 1.13. The average Bonchev–Trinajstić information content (AvgIpc) is 3.51. The summed E-state index contributed by atoms with van der Waals surface area (Å²) in [6.45, 7) is 7.93. The normalized spacial score (nSPS) is 18.3. The lowest BCUT2D eigenvalue weighted by Crippen LogP contribution is -2.39. The molecular formula is C25H34N4O. The number of nitrogens with one attached hydrogen (secondary N) is 2. The van der Waals surface area contributed by atoms with E-state index in [0.717, 1.165) is 24.5 Å². The van der Waals surface area contributed by atoms with Gasteiger partial charge in [-0.15, -0.1) is 0 Å². The van der Waals surface area contributed by atoms with Crippen molar-refractivity contribution in [1.29, 1.82) is 0 Å². The van der Waals surface area contributed by atoms with Gasteiger partial charge in [-0.1, -0.05) is 50.2 Å². The minimum atomic E-state index is 0.0151. The van der Waals surface area contributed by atoms with Crippen LogP contribution in [0.15, 0.2) is 53.5 Å². The third-order valence-electron chi connectivity index (χ3n) is 5.51. The molecule has 1 fully saturated rings. The lowest BCUT2D eigenvalue weighted by atomic mass is 10.0. The maximum Gasteiger partial charge on any atom is 0.253 e. The molecular weight excluding hydrogens is 372 g/mol. The maximum absolute atomic E-state index is 12.0. The van der Waals surface area contributed by atoms with E-state index in [1.807, 2.05) is 24.3 Å². The fourth-order valence-electron chi connectivity index (χ4n) is 3.53. The minimum Gasteiger partial charge on any atom is -0.357 e. The first kappa shape index (κ1) is 21.9. The number of amides is 1. The van der Waals surface area contributed by atoms with Crippen molar-refractivity contribution in [3.8, 4) is 0 Å². The first-order valence-electron chi connectivity index (χ1n) is 10.8. The zero-order valence-electron chi connectivity index (χ0n) is 18.8. The van der Waals surface area contributed by atoms with Gasteiger partial charge >= 0.3 is 0 Å². The molecule has 5 heteroatoms. The molecule has 160 valence electrons. The van der Waals surface area contributed by atoms with Gasteiger partial charge < -0.3 is 15.5 Å². The Morgan fingerprint density at radius 3 is 2.33 bits per heavy atom. The Labute approximate surface area is 180 Å². The number of carbonyl (C=O) groups is 1. The van der Waals surface area contributed by atoms with Crippen LogP contribution in [0.4, 0.5) is 0 Å². The number of guanidine groups is 1. The number of aliphatic imine (C=N–C) groups is 1. The molecule has 0 aliphatic heterocycles. The molecule has 0 saturated heterocycles. The standard InChI is InChI=1S/C25H34N4O/c1-6-26-25(27-16-18-7-9-21(10-8-18)24(30)29(4)5)28-23-15-22(23)20-13-11-19(12-14-20)17(2)3/h7-14,17,22-23H,6,15-16H2,1-5H3,(H2,26,27,28). The van der Waals surface area contributed by atoms with Crippen LogP contribution in [0.1, 0.15) is 66.1 Å². The van der Waals surface area contributed by atoms with Crippen LogP contribution in [0.3, 0.4) is 0 Å². The molecule has 0 aromatic heterocycles. The molecule has 1 aliphatic carbocycles. The topological polar surface area (TPSA) is 56.7 Å². The van der Waals surface area contributed by atoms with Crippen LogP contribution in [-0.4, -0.2) is 43.4 Å². The van der Waals surface area contributed by atoms with Gasteiger partial charge in [0.1, 0.15) is 0 Å². The van der Waals surface area contributed by atoms with Crippen LogP contribution >= 0.6 is 0 Å². The van der Waals surface area contributed by atoms with E-state index in [1.54, 1.807) is 19.0 Å². The first-order valence-corrected chi connectivity index (χ1v) is 10.8. The molecule has 0 spiro atoms. The average molecular weight is 407 g/mol. The molecule has 2 unspecified atom stereocenters. The second kappa shape index (κ2) is 9.79. The highest BCUT2D eigenvalue weighted by atomic mass is 16.2. The molecule has 0 radical (unpaired) electrons. The fraction of sp³-hybridized carbons (Fsp3) is 0.440. The van der Waals surface area contributed by atoms with Crippen molar-refractivity contribution in [2.24, 2.45) is 4.99 Å². The first-order chi connectivity index (χ1) is 14.4. The second-order valence-corrected chi connectivity index (χ2v) is 8.51. The van der Waals surface area contributed by atoms with Gasteiger partial charge in [0.2, 0.25) is 0 Å². The molecule has 5 nitrogen and oxygen atoms in total. The summed E-state index contributed by atoms with van der Waals surface area (Å²) in [6, 6.07) is 17.1. The molecule has 1 amide bonds. The number of nitrogens with zero attached hydrogens (tertiary/aromatic N) is 2. The Hall–Kier alpha value is -2.82. The second-order valence-electron chi connectivity index (χ2n) is 8.51. The lowest BCUT2D eigenvalue weighted by Gasteiger charge is -2.12. The maximum atomic E-state index is 12.0. The zero-order chi connectivity index (χ0) is 21.7. The number of hydrogen-bond acceptors (Lipinski definition) is 2. The monoisotopic (exact) mass is 406 g/mol. The van der Waals surface area contributed by atoms with Crippen LogP contribution < -0.4 is 10.6 Å². The van der Waals surface area contributed by atoms with E-state index < -0.39 is 0 Å². The van der Waals surface area contributed by atoms with E-state index in [0.29, 0.717) is 30.0 Å². The van der Waals surface area contributed by atoms with Gasteiger partial charge in [-0.3, -0.25) is 4.79 Å². The van der Waals surface area contributed by atoms with Crippen LogP contribution in [0, 0.1) is 0 Å². The Kier molecular flexibility index (Phi) is 7.14. The Morgan fingerprint density at radius 1 is 1.10 bits per heavy atom. The predicted octanol–water partition coefficient (Wildman–Crippen LogP) is 4.12. The molecule has 2 aromatic carbocycles. The van der Waals surface area contributed by atoms with Crippen LogP contribution in [-0.2, 0) is 6.54 Å². The van der Waals surface area contributed by atoms with Gasteiger partial charge in [0.15, 0.2) is 5.96 Å². The molecule has 0 bridgehead atoms. The summed E-state index contributed by atoms with van der Waals surface area (Å²) in [5, 5.41) is 6.91. The molecule has 30 heavy (non-hydrogen) atoms. The van der Waals surface area contributed by atoms with E-state index in [2.05, 4.69) is 55.7 Å². The Morgan fingerprint density at radius 2 is 1.77 bits per heavy atom. The van der Waals surface area contributed by atoms with Crippen molar-refractivity contribution in [1.82, 2.24) is 15.5 Å². The molecule has 0 heterocycles. The van der Waals surface area contributed by atoms with Crippen molar-refractivity contribution in [3.05, 3.63) is 70.8 Å². The molecule has 2 N–H and O–H groups in total. The van der Waals surface area contributed by atoms with Crippen molar-refractivity contribution in [2.45, 2.75) is 51.6 Å². The van der Waals surface area contributed by atoms with Gasteiger partial charge in [-0.2, -0.15) is 0 Å². The quantitative estimate of drug-likeness (QED) is 0.537. The van der Waals surface area contributed by atoms with E-state index in [1.165, 1.54) is 11.1 Å². The van der Waals surface area contributed by atoms with Crippen LogP contribution in [0.25, 0.3) is 0 Å². The number of rotatable bonds is 7. The van der Waals surface area contributed by atoms with Crippen molar-refractivity contribution < 1.29 is 4.79 Å². The van der Waals surface area contributed by atoms with Crippen molar-refractivity contribution >= 4 is 11.9 Å². The van der Waals surface area contributed by atoms with Crippen molar-refractivity contribution in [2.75, 3.05) is 20.6 Å². The summed E-state index contributed by atoms with van der Waals surface area (Å²) in [5.41, 5.74) is 4.56. The molecule has 2 aromatic rings. The van der Waals surface area contributed by atoms with Crippen LogP contribution in [0.5, 0.6) is 0 Å². The zero-order valence-corrected chi connectivity index (χ0v) is 18.8. The number of benzene rings is 2. The van der Waals surface area contributed by atoms with Gasteiger partial charge in [-0.05, 0) is 48.1 Å². The smallest absolute Gasteiger partial charge is 0.253 e. The van der Waals surface area contributed by atoms with Gasteiger partial charge in [0.25, 0.3) is 5.91 Å². The van der Waals surface area contributed by atoms with E-state index in [-0.39, 0.29) is 5.91 Å². The highest BCUT2D eigenvalue weighted by Crippen LogP contribution is 2.41. The third-order valence-corrected chi connectivity index (χ3v) is 5.51. The summed E-state index contributed by atoms with van der Waals surface area (Å²) >= 11 is 0. The summed E-state index contributed by atoms with van der Waals surface area (Å²) < 4.78 is 0. The van der Waals surface area contributed by atoms with E-state index in [4.69, 9.17) is 4.99 Å².